The molecular weight excluding hydrogens is 192 g/mol. The number of allylic oxidation sites excluding steroid dienone is 3. The molecule has 0 aliphatic carbocycles. The van der Waals surface area contributed by atoms with Gasteiger partial charge in [-0.25, -0.2) is 0 Å². The molecule has 0 aromatic heterocycles. The molecule has 0 unspecified atom stereocenters. The highest BCUT2D eigenvalue weighted by atomic mass is 14.1. The molecule has 0 atom stereocenters. The van der Waals surface area contributed by atoms with Crippen molar-refractivity contribution in [2.45, 2.75) is 13.3 Å². The lowest BCUT2D eigenvalue weighted by molar-refractivity contribution is 1.23. The molecule has 0 aliphatic rings. The fourth-order valence-electron chi connectivity index (χ4n) is 2.00. The second kappa shape index (κ2) is 4.80. The van der Waals surface area contributed by atoms with Crippen molar-refractivity contribution in [1.82, 2.24) is 0 Å². The third kappa shape index (κ3) is 1.92. The highest BCUT2D eigenvalue weighted by Gasteiger charge is 2.02. The lowest BCUT2D eigenvalue weighted by Gasteiger charge is -2.07. The van der Waals surface area contributed by atoms with Gasteiger partial charge in [0, 0.05) is 0 Å². The van der Waals surface area contributed by atoms with E-state index >= 15 is 0 Å². The second-order valence-electron chi connectivity index (χ2n) is 3.80. The monoisotopic (exact) mass is 208 g/mol. The topological polar surface area (TPSA) is 0 Å². The van der Waals surface area contributed by atoms with E-state index < -0.39 is 0 Å². The first-order chi connectivity index (χ1) is 7.86. The predicted octanol–water partition coefficient (Wildman–Crippen LogP) is 4.82. The van der Waals surface area contributed by atoms with Crippen molar-refractivity contribution in [1.29, 1.82) is 0 Å². The Bertz CT molecular complexity index is 527. The molecule has 0 radical (unpaired) electrons. The van der Waals surface area contributed by atoms with Gasteiger partial charge in [-0.05, 0) is 28.3 Å². The van der Waals surface area contributed by atoms with Crippen LogP contribution in [0.4, 0.5) is 0 Å². The molecule has 0 N–H and O–H groups in total. The lowest BCUT2D eigenvalue weighted by Crippen LogP contribution is -1.83. The van der Waals surface area contributed by atoms with Crippen LogP contribution in [0.1, 0.15) is 18.9 Å². The molecule has 16 heavy (non-hydrogen) atoms. The van der Waals surface area contributed by atoms with Crippen LogP contribution in [-0.2, 0) is 0 Å². The Morgan fingerprint density at radius 1 is 1.12 bits per heavy atom. The van der Waals surface area contributed by atoms with Gasteiger partial charge < -0.3 is 0 Å². The quantitative estimate of drug-likeness (QED) is 0.634. The number of benzene rings is 2. The molecule has 0 heteroatoms. The van der Waals surface area contributed by atoms with Crippen molar-refractivity contribution < 1.29 is 0 Å². The molecule has 0 saturated heterocycles. The predicted molar refractivity (Wildman–Crippen MR) is 72.4 cm³/mol. The Morgan fingerprint density at radius 2 is 1.88 bits per heavy atom. The number of rotatable bonds is 3. The average Bonchev–Trinajstić information content (AvgIpc) is 2.35. The van der Waals surface area contributed by atoms with E-state index in [1.165, 1.54) is 21.9 Å². The summed E-state index contributed by atoms with van der Waals surface area (Å²) in [6.45, 7) is 6.04. The Hall–Kier alpha value is -1.82. The van der Waals surface area contributed by atoms with Crippen LogP contribution in [0.5, 0.6) is 0 Å². The zero-order valence-electron chi connectivity index (χ0n) is 9.61. The molecule has 0 aliphatic heterocycles. The Kier molecular flexibility index (Phi) is 3.21. The zero-order valence-corrected chi connectivity index (χ0v) is 9.61. The smallest absolute Gasteiger partial charge is 0.0106 e. The van der Waals surface area contributed by atoms with Gasteiger partial charge in [0.15, 0.2) is 0 Å². The molecule has 2 rings (SSSR count). The molecule has 0 bridgehead atoms. The summed E-state index contributed by atoms with van der Waals surface area (Å²) < 4.78 is 0. The molecule has 0 amide bonds. The summed E-state index contributed by atoms with van der Waals surface area (Å²) in [5.74, 6) is 0. The van der Waals surface area contributed by atoms with E-state index in [1.807, 2.05) is 6.08 Å². The van der Waals surface area contributed by atoms with E-state index in [9.17, 15) is 0 Å². The van der Waals surface area contributed by atoms with Crippen LogP contribution in [0.15, 0.2) is 61.2 Å². The third-order valence-electron chi connectivity index (χ3n) is 2.74. The molecule has 0 spiro atoms. The van der Waals surface area contributed by atoms with Crippen molar-refractivity contribution in [3.05, 3.63) is 66.8 Å². The summed E-state index contributed by atoms with van der Waals surface area (Å²) in [5.41, 5.74) is 2.49. The molecular formula is C16H16. The van der Waals surface area contributed by atoms with Gasteiger partial charge in [0.25, 0.3) is 0 Å². The van der Waals surface area contributed by atoms with E-state index in [-0.39, 0.29) is 0 Å². The van der Waals surface area contributed by atoms with Gasteiger partial charge in [0.2, 0.25) is 0 Å². The summed E-state index contributed by atoms with van der Waals surface area (Å²) in [6.07, 6.45) is 5.19. The number of fused-ring (bicyclic) bond motifs is 1. The fourth-order valence-corrected chi connectivity index (χ4v) is 2.00. The van der Waals surface area contributed by atoms with Crippen LogP contribution in [0.25, 0.3) is 16.3 Å². The van der Waals surface area contributed by atoms with Crippen molar-refractivity contribution in [3.63, 3.8) is 0 Å². The first-order valence-corrected chi connectivity index (χ1v) is 5.67. The first kappa shape index (κ1) is 10.7. The van der Waals surface area contributed by atoms with Crippen molar-refractivity contribution >= 4 is 16.3 Å². The van der Waals surface area contributed by atoms with Gasteiger partial charge in [0.1, 0.15) is 0 Å². The van der Waals surface area contributed by atoms with E-state index in [0.29, 0.717) is 0 Å². The highest BCUT2D eigenvalue weighted by molar-refractivity contribution is 5.95. The van der Waals surface area contributed by atoms with Crippen LogP contribution in [0.2, 0.25) is 0 Å². The van der Waals surface area contributed by atoms with Crippen LogP contribution < -0.4 is 0 Å². The number of hydrogen-bond donors (Lipinski definition) is 0. The Morgan fingerprint density at radius 3 is 2.62 bits per heavy atom. The fraction of sp³-hybridized carbons (Fsp3) is 0.125. The molecule has 2 aromatic rings. The van der Waals surface area contributed by atoms with E-state index in [2.05, 4.69) is 62.0 Å². The van der Waals surface area contributed by atoms with E-state index in [0.717, 1.165) is 6.42 Å². The third-order valence-corrected chi connectivity index (χ3v) is 2.74. The van der Waals surface area contributed by atoms with Crippen molar-refractivity contribution in [2.75, 3.05) is 0 Å². The minimum absolute atomic E-state index is 1.03. The average molecular weight is 208 g/mol. The minimum Gasteiger partial charge on any atom is -0.0985 e. The van der Waals surface area contributed by atoms with Gasteiger partial charge in [-0.15, -0.1) is 0 Å². The summed E-state index contributed by atoms with van der Waals surface area (Å²) in [7, 11) is 0. The maximum Gasteiger partial charge on any atom is -0.0106 e. The SMILES string of the molecule is C=C/C(=C\CC)c1cccc2ccccc12. The molecule has 80 valence electrons. The van der Waals surface area contributed by atoms with E-state index in [4.69, 9.17) is 0 Å². The van der Waals surface area contributed by atoms with Gasteiger partial charge in [-0.3, -0.25) is 0 Å². The first-order valence-electron chi connectivity index (χ1n) is 5.67. The second-order valence-corrected chi connectivity index (χ2v) is 3.80. The molecule has 2 aromatic carbocycles. The van der Waals surface area contributed by atoms with Crippen LogP contribution in [0, 0.1) is 0 Å². The van der Waals surface area contributed by atoms with Crippen LogP contribution in [0.3, 0.4) is 0 Å². The van der Waals surface area contributed by atoms with Gasteiger partial charge in [-0.2, -0.15) is 0 Å². The molecule has 0 heterocycles. The summed E-state index contributed by atoms with van der Waals surface area (Å²) in [6, 6.07) is 14.9. The normalized spacial score (nSPS) is 11.7. The maximum atomic E-state index is 3.89. The van der Waals surface area contributed by atoms with Crippen molar-refractivity contribution in [2.24, 2.45) is 0 Å². The standard InChI is InChI=1S/C16H16/c1-3-8-13(4-2)15-12-7-10-14-9-5-6-11-16(14)15/h4-12H,2-3H2,1H3/b13-8+. The maximum absolute atomic E-state index is 3.89. The highest BCUT2D eigenvalue weighted by Crippen LogP contribution is 2.25. The Balaban J connectivity index is 2.68. The van der Waals surface area contributed by atoms with Crippen LogP contribution >= 0.6 is 0 Å². The zero-order chi connectivity index (χ0) is 11.4. The minimum atomic E-state index is 1.03. The van der Waals surface area contributed by atoms with Gasteiger partial charge in [0.05, 0.1) is 0 Å². The van der Waals surface area contributed by atoms with Crippen LogP contribution in [-0.4, -0.2) is 0 Å². The largest absolute Gasteiger partial charge is 0.0985 e. The van der Waals surface area contributed by atoms with Gasteiger partial charge >= 0.3 is 0 Å². The lowest BCUT2D eigenvalue weighted by atomic mass is 9.98. The molecule has 0 nitrogen and oxygen atoms in total. The molecule has 0 saturated carbocycles. The summed E-state index contributed by atoms with van der Waals surface area (Å²) in [4.78, 5) is 0. The Labute approximate surface area is 96.9 Å². The van der Waals surface area contributed by atoms with Gasteiger partial charge in [-0.1, -0.05) is 68.1 Å². The summed E-state index contributed by atoms with van der Waals surface area (Å²) >= 11 is 0. The van der Waals surface area contributed by atoms with Crippen molar-refractivity contribution in [3.8, 4) is 0 Å². The van der Waals surface area contributed by atoms with E-state index in [1.54, 1.807) is 0 Å². The molecule has 0 fully saturated rings. The number of hydrogen-bond acceptors (Lipinski definition) is 0. The summed E-state index contributed by atoms with van der Waals surface area (Å²) in [5, 5.41) is 2.58.